The van der Waals surface area contributed by atoms with Gasteiger partial charge in [-0.05, 0) is 37.5 Å². The lowest BCUT2D eigenvalue weighted by atomic mass is 10.00. The van der Waals surface area contributed by atoms with Gasteiger partial charge in [0.2, 0.25) is 0 Å². The molecular formula is C15H30IN3. The number of halogens is 1. The Kier molecular flexibility index (Phi) is 8.11. The van der Waals surface area contributed by atoms with Crippen molar-refractivity contribution in [3.05, 3.63) is 0 Å². The Labute approximate surface area is 135 Å². The van der Waals surface area contributed by atoms with Crippen molar-refractivity contribution in [1.82, 2.24) is 4.90 Å². The number of rotatable bonds is 4. The number of likely N-dealkylation sites (tertiary alicyclic amines) is 1. The minimum Gasteiger partial charge on any atom is -0.370 e. The molecule has 2 rings (SSSR count). The minimum absolute atomic E-state index is 0. The highest BCUT2D eigenvalue weighted by molar-refractivity contribution is 14.0. The fourth-order valence-electron chi connectivity index (χ4n) is 3.21. The normalized spacial score (nSPS) is 22.6. The number of guanidine groups is 1. The zero-order chi connectivity index (χ0) is 12.8. The van der Waals surface area contributed by atoms with E-state index in [9.17, 15) is 0 Å². The van der Waals surface area contributed by atoms with Crippen molar-refractivity contribution >= 4 is 29.9 Å². The highest BCUT2D eigenvalue weighted by Gasteiger charge is 2.17. The summed E-state index contributed by atoms with van der Waals surface area (Å²) < 4.78 is 0. The Hall–Kier alpha value is 0. The van der Waals surface area contributed by atoms with E-state index in [1.54, 1.807) is 0 Å². The van der Waals surface area contributed by atoms with Crippen molar-refractivity contribution in [2.45, 2.75) is 58.3 Å². The predicted molar refractivity (Wildman–Crippen MR) is 93.1 cm³/mol. The first-order valence-corrected chi connectivity index (χ1v) is 7.80. The Morgan fingerprint density at radius 3 is 2.42 bits per heavy atom. The lowest BCUT2D eigenvalue weighted by molar-refractivity contribution is 0.277. The number of hydrogen-bond acceptors (Lipinski definition) is 1. The number of nitrogens with two attached hydrogens (primary N) is 1. The molecule has 4 heteroatoms. The molecule has 0 bridgehead atoms. The van der Waals surface area contributed by atoms with Crippen LogP contribution in [0.2, 0.25) is 0 Å². The highest BCUT2D eigenvalue weighted by Crippen LogP contribution is 2.28. The maximum Gasteiger partial charge on any atom is 0.191 e. The van der Waals surface area contributed by atoms with Gasteiger partial charge in [-0.3, -0.25) is 4.99 Å². The summed E-state index contributed by atoms with van der Waals surface area (Å²) in [4.78, 5) is 6.81. The van der Waals surface area contributed by atoms with Gasteiger partial charge in [0.05, 0.1) is 0 Å². The largest absolute Gasteiger partial charge is 0.370 e. The van der Waals surface area contributed by atoms with Gasteiger partial charge in [-0.15, -0.1) is 24.0 Å². The molecule has 1 aliphatic heterocycles. The summed E-state index contributed by atoms with van der Waals surface area (Å²) in [6.07, 6.45) is 10.9. The third-order valence-electron chi connectivity index (χ3n) is 4.63. The quantitative estimate of drug-likeness (QED) is 0.351. The summed E-state index contributed by atoms with van der Waals surface area (Å²) in [6.45, 7) is 5.44. The van der Waals surface area contributed by atoms with Crippen LogP contribution in [0, 0.1) is 11.8 Å². The molecule has 2 N–H and O–H groups in total. The molecule has 2 aliphatic rings. The number of aliphatic imine (C=N–C) groups is 1. The van der Waals surface area contributed by atoms with Gasteiger partial charge in [0, 0.05) is 19.6 Å². The molecule has 0 radical (unpaired) electrons. The molecule has 0 aromatic heterocycles. The Balaban J connectivity index is 0.00000180. The summed E-state index contributed by atoms with van der Waals surface area (Å²) in [5, 5.41) is 0. The zero-order valence-corrected chi connectivity index (χ0v) is 14.6. The van der Waals surface area contributed by atoms with Crippen molar-refractivity contribution in [2.24, 2.45) is 22.6 Å². The van der Waals surface area contributed by atoms with Crippen molar-refractivity contribution in [3.8, 4) is 0 Å². The Bertz CT molecular complexity index is 267. The molecule has 2 fully saturated rings. The van der Waals surface area contributed by atoms with Gasteiger partial charge >= 0.3 is 0 Å². The van der Waals surface area contributed by atoms with E-state index in [0.717, 1.165) is 37.4 Å². The van der Waals surface area contributed by atoms with E-state index in [0.29, 0.717) is 0 Å². The van der Waals surface area contributed by atoms with E-state index >= 15 is 0 Å². The molecule has 0 unspecified atom stereocenters. The smallest absolute Gasteiger partial charge is 0.191 e. The third kappa shape index (κ3) is 5.88. The lowest BCUT2D eigenvalue weighted by Gasteiger charge is -2.31. The van der Waals surface area contributed by atoms with Crippen LogP contribution in [0.5, 0.6) is 0 Å². The number of nitrogens with zero attached hydrogens (tertiary/aromatic N) is 2. The molecule has 19 heavy (non-hydrogen) atoms. The first kappa shape index (κ1) is 17.1. The number of hydrogen-bond donors (Lipinski definition) is 1. The summed E-state index contributed by atoms with van der Waals surface area (Å²) in [6, 6.07) is 0. The SMILES string of the molecule is CC1CCN(C(N)=NCCCC2CCCC2)CC1.I. The second kappa shape index (κ2) is 9.03. The monoisotopic (exact) mass is 379 g/mol. The van der Waals surface area contributed by atoms with Crippen LogP contribution in [0.15, 0.2) is 4.99 Å². The van der Waals surface area contributed by atoms with E-state index in [-0.39, 0.29) is 24.0 Å². The minimum atomic E-state index is 0. The van der Waals surface area contributed by atoms with E-state index in [1.165, 1.54) is 51.4 Å². The molecule has 1 aliphatic carbocycles. The molecule has 1 saturated heterocycles. The van der Waals surface area contributed by atoms with Gasteiger partial charge in [-0.25, -0.2) is 0 Å². The molecule has 0 amide bonds. The second-order valence-electron chi connectivity index (χ2n) is 6.20. The van der Waals surface area contributed by atoms with Crippen LogP contribution in [0.4, 0.5) is 0 Å². The van der Waals surface area contributed by atoms with Gasteiger partial charge in [-0.2, -0.15) is 0 Å². The molecule has 3 nitrogen and oxygen atoms in total. The van der Waals surface area contributed by atoms with Crippen LogP contribution in [0.25, 0.3) is 0 Å². The van der Waals surface area contributed by atoms with Crippen molar-refractivity contribution < 1.29 is 0 Å². The predicted octanol–water partition coefficient (Wildman–Crippen LogP) is 3.62. The maximum absolute atomic E-state index is 6.06. The van der Waals surface area contributed by atoms with Crippen LogP contribution in [0.3, 0.4) is 0 Å². The van der Waals surface area contributed by atoms with Gasteiger partial charge in [0.15, 0.2) is 5.96 Å². The van der Waals surface area contributed by atoms with Crippen LogP contribution < -0.4 is 5.73 Å². The van der Waals surface area contributed by atoms with Gasteiger partial charge in [0.25, 0.3) is 0 Å². The van der Waals surface area contributed by atoms with E-state index < -0.39 is 0 Å². The van der Waals surface area contributed by atoms with E-state index in [4.69, 9.17) is 5.73 Å². The van der Waals surface area contributed by atoms with Crippen LogP contribution in [-0.4, -0.2) is 30.5 Å². The average Bonchev–Trinajstić information content (AvgIpc) is 2.88. The van der Waals surface area contributed by atoms with Crippen LogP contribution in [0.1, 0.15) is 58.3 Å². The molecule has 0 spiro atoms. The molecule has 1 saturated carbocycles. The zero-order valence-electron chi connectivity index (χ0n) is 12.3. The standard InChI is InChI=1S/C15H29N3.HI/c1-13-8-11-18(12-9-13)15(16)17-10-4-7-14-5-2-3-6-14;/h13-14H,2-12H2,1H3,(H2,16,17);1H. The molecule has 0 aromatic carbocycles. The molecule has 0 aromatic rings. The van der Waals surface area contributed by atoms with Crippen LogP contribution in [-0.2, 0) is 0 Å². The first-order valence-electron chi connectivity index (χ1n) is 7.80. The van der Waals surface area contributed by atoms with Crippen molar-refractivity contribution in [2.75, 3.05) is 19.6 Å². The summed E-state index contributed by atoms with van der Waals surface area (Å²) in [5.41, 5.74) is 6.06. The summed E-state index contributed by atoms with van der Waals surface area (Å²) >= 11 is 0. The van der Waals surface area contributed by atoms with Crippen molar-refractivity contribution in [1.29, 1.82) is 0 Å². The highest BCUT2D eigenvalue weighted by atomic mass is 127. The van der Waals surface area contributed by atoms with E-state index in [1.807, 2.05) is 0 Å². The molecule has 0 atom stereocenters. The van der Waals surface area contributed by atoms with Crippen molar-refractivity contribution in [3.63, 3.8) is 0 Å². The average molecular weight is 379 g/mol. The second-order valence-corrected chi connectivity index (χ2v) is 6.20. The summed E-state index contributed by atoms with van der Waals surface area (Å²) in [7, 11) is 0. The van der Waals surface area contributed by atoms with Gasteiger partial charge in [0.1, 0.15) is 0 Å². The lowest BCUT2D eigenvalue weighted by Crippen LogP contribution is -2.42. The number of piperidine rings is 1. The van der Waals surface area contributed by atoms with E-state index in [2.05, 4.69) is 16.8 Å². The fourth-order valence-corrected chi connectivity index (χ4v) is 3.21. The van der Waals surface area contributed by atoms with Crippen LogP contribution >= 0.6 is 24.0 Å². The maximum atomic E-state index is 6.06. The molecule has 1 heterocycles. The third-order valence-corrected chi connectivity index (χ3v) is 4.63. The van der Waals surface area contributed by atoms with Gasteiger partial charge < -0.3 is 10.6 Å². The first-order chi connectivity index (χ1) is 8.75. The fraction of sp³-hybridized carbons (Fsp3) is 0.933. The topological polar surface area (TPSA) is 41.6 Å². The Morgan fingerprint density at radius 2 is 1.79 bits per heavy atom. The molecular weight excluding hydrogens is 349 g/mol. The molecule has 112 valence electrons. The van der Waals surface area contributed by atoms with Gasteiger partial charge in [-0.1, -0.05) is 32.6 Å². The Morgan fingerprint density at radius 1 is 1.16 bits per heavy atom. The summed E-state index contributed by atoms with van der Waals surface area (Å²) in [5.74, 6) is 2.63.